The molecule has 1 saturated heterocycles. The number of aliphatic carboxylic acids is 1. The van der Waals surface area contributed by atoms with Gasteiger partial charge in [-0.25, -0.2) is 4.79 Å². The summed E-state index contributed by atoms with van der Waals surface area (Å²) < 4.78 is 0. The quantitative estimate of drug-likeness (QED) is 0.696. The number of nitrogens with one attached hydrogen (secondary N) is 1. The van der Waals surface area contributed by atoms with E-state index in [2.05, 4.69) is 17.4 Å². The maximum absolute atomic E-state index is 12.4. The fraction of sp³-hybridized carbons (Fsp3) is 0.550. The Kier molecular flexibility index (Phi) is 5.30. The number of carboxylic acids is 1. The Morgan fingerprint density at radius 1 is 1.19 bits per heavy atom. The molecular weight excluding hydrogens is 332 g/mol. The number of hydrogen-bond acceptors (Lipinski definition) is 3. The average Bonchev–Trinajstić information content (AvgIpc) is 3.18. The lowest BCUT2D eigenvalue weighted by Gasteiger charge is -2.24. The molecule has 0 unspecified atom stereocenters. The van der Waals surface area contributed by atoms with Crippen LogP contribution in [0.3, 0.4) is 0 Å². The zero-order chi connectivity index (χ0) is 18.7. The van der Waals surface area contributed by atoms with Crippen LogP contribution in [0.2, 0.25) is 0 Å². The second-order valence-corrected chi connectivity index (χ2v) is 7.70. The van der Waals surface area contributed by atoms with Gasteiger partial charge in [0, 0.05) is 12.5 Å². The monoisotopic (exact) mass is 358 g/mol. The summed E-state index contributed by atoms with van der Waals surface area (Å²) in [6.07, 6.45) is 4.35. The van der Waals surface area contributed by atoms with Crippen molar-refractivity contribution in [3.05, 3.63) is 35.9 Å². The maximum atomic E-state index is 12.4. The van der Waals surface area contributed by atoms with Crippen LogP contribution in [0.25, 0.3) is 0 Å². The first-order valence-electron chi connectivity index (χ1n) is 9.25. The fourth-order valence-electron chi connectivity index (χ4n) is 3.96. The van der Waals surface area contributed by atoms with E-state index in [1.54, 1.807) is 0 Å². The smallest absolute Gasteiger partial charge is 0.326 e. The summed E-state index contributed by atoms with van der Waals surface area (Å²) in [4.78, 5) is 37.2. The highest BCUT2D eigenvalue weighted by atomic mass is 16.4. The van der Waals surface area contributed by atoms with Crippen molar-refractivity contribution in [1.29, 1.82) is 0 Å². The highest BCUT2D eigenvalue weighted by Gasteiger charge is 2.64. The Morgan fingerprint density at radius 2 is 1.92 bits per heavy atom. The lowest BCUT2D eigenvalue weighted by Crippen LogP contribution is -2.47. The second kappa shape index (κ2) is 7.48. The molecule has 0 aromatic heterocycles. The largest absolute Gasteiger partial charge is 0.480 e. The van der Waals surface area contributed by atoms with Crippen LogP contribution in [0.1, 0.15) is 44.6 Å². The summed E-state index contributed by atoms with van der Waals surface area (Å²) in [6, 6.07) is 9.38. The Balaban J connectivity index is 1.37. The Labute approximate surface area is 153 Å². The van der Waals surface area contributed by atoms with E-state index in [0.717, 1.165) is 25.7 Å². The molecule has 1 aliphatic heterocycles. The van der Waals surface area contributed by atoms with E-state index in [1.165, 1.54) is 10.5 Å². The van der Waals surface area contributed by atoms with Crippen molar-refractivity contribution in [2.75, 3.05) is 6.54 Å². The molecule has 1 aromatic carbocycles. The van der Waals surface area contributed by atoms with Crippen molar-refractivity contribution in [2.45, 2.75) is 57.5 Å². The third kappa shape index (κ3) is 4.06. The number of piperidine rings is 1. The molecule has 2 N–H and O–H groups in total. The molecule has 0 bridgehead atoms. The number of likely N-dealkylation sites (tertiary alicyclic amines) is 1. The number of nitrogens with zero attached hydrogens (tertiary/aromatic N) is 1. The Morgan fingerprint density at radius 3 is 2.62 bits per heavy atom. The van der Waals surface area contributed by atoms with Crippen molar-refractivity contribution >= 4 is 17.8 Å². The summed E-state index contributed by atoms with van der Waals surface area (Å²) in [6.45, 7) is 1.90. The molecule has 1 heterocycles. The number of carboxylic acid groups (broad SMARTS) is 1. The summed E-state index contributed by atoms with van der Waals surface area (Å²) in [5.74, 6) is -1.41. The van der Waals surface area contributed by atoms with Crippen molar-refractivity contribution in [3.8, 4) is 0 Å². The lowest BCUT2D eigenvalue weighted by atomic mass is 10.0. The predicted molar refractivity (Wildman–Crippen MR) is 96.4 cm³/mol. The standard InChI is InChI=1S/C20H26N2O4/c1-20-11-15(19(25)26)22(16(20)12-20)18(24)13-21-17(23)10-6-5-9-14-7-3-2-4-8-14/h2-4,7-8,15-16H,5-6,9-13H2,1H3,(H,21,23)(H,25,26)/t15-,16-,20+/m0/s1. The van der Waals surface area contributed by atoms with Crippen LogP contribution in [-0.2, 0) is 20.8 Å². The zero-order valence-corrected chi connectivity index (χ0v) is 15.1. The van der Waals surface area contributed by atoms with Crippen molar-refractivity contribution in [3.63, 3.8) is 0 Å². The number of amides is 2. The second-order valence-electron chi connectivity index (χ2n) is 7.70. The Hall–Kier alpha value is -2.37. The molecular formula is C20H26N2O4. The normalized spacial score (nSPS) is 26.3. The van der Waals surface area contributed by atoms with E-state index < -0.39 is 12.0 Å². The van der Waals surface area contributed by atoms with E-state index in [-0.39, 0.29) is 29.8 Å². The molecule has 6 nitrogen and oxygen atoms in total. The average molecular weight is 358 g/mol. The maximum Gasteiger partial charge on any atom is 0.326 e. The van der Waals surface area contributed by atoms with E-state index in [9.17, 15) is 19.5 Å². The highest BCUT2D eigenvalue weighted by Crippen LogP contribution is 2.59. The van der Waals surface area contributed by atoms with Gasteiger partial charge in [0.05, 0.1) is 6.54 Å². The summed E-state index contributed by atoms with van der Waals surface area (Å²) in [5.41, 5.74) is 1.20. The van der Waals surface area contributed by atoms with Crippen LogP contribution in [0.4, 0.5) is 0 Å². The number of fused-ring (bicyclic) bond motifs is 1. The van der Waals surface area contributed by atoms with Gasteiger partial charge < -0.3 is 15.3 Å². The molecule has 2 aliphatic rings. The van der Waals surface area contributed by atoms with Crippen molar-refractivity contribution in [2.24, 2.45) is 5.41 Å². The summed E-state index contributed by atoms with van der Waals surface area (Å²) in [5, 5.41) is 12.0. The molecule has 6 heteroatoms. The van der Waals surface area contributed by atoms with Crippen LogP contribution < -0.4 is 5.32 Å². The van der Waals surface area contributed by atoms with Gasteiger partial charge in [-0.15, -0.1) is 0 Å². The van der Waals surface area contributed by atoms with Gasteiger partial charge in [0.1, 0.15) is 6.04 Å². The van der Waals surface area contributed by atoms with E-state index in [0.29, 0.717) is 12.8 Å². The minimum absolute atomic E-state index is 0.0128. The predicted octanol–water partition coefficient (Wildman–Crippen LogP) is 1.98. The van der Waals surface area contributed by atoms with E-state index >= 15 is 0 Å². The first-order valence-corrected chi connectivity index (χ1v) is 9.25. The van der Waals surface area contributed by atoms with Gasteiger partial charge in [0.15, 0.2) is 0 Å². The van der Waals surface area contributed by atoms with E-state index in [4.69, 9.17) is 0 Å². The van der Waals surface area contributed by atoms with Gasteiger partial charge in [0.2, 0.25) is 11.8 Å². The van der Waals surface area contributed by atoms with Gasteiger partial charge in [-0.3, -0.25) is 9.59 Å². The third-order valence-corrected chi connectivity index (χ3v) is 5.61. The van der Waals surface area contributed by atoms with Gasteiger partial charge in [-0.05, 0) is 43.1 Å². The number of rotatable bonds is 8. The van der Waals surface area contributed by atoms with Gasteiger partial charge in [-0.1, -0.05) is 37.3 Å². The Bertz CT molecular complexity index is 690. The SMILES string of the molecule is C[C@@]12C[C@@H]1N(C(=O)CNC(=O)CCCCc1ccccc1)[C@H](C(=O)O)C2. The number of benzene rings is 1. The van der Waals surface area contributed by atoms with Crippen molar-refractivity contribution < 1.29 is 19.5 Å². The number of aryl methyl sites for hydroxylation is 1. The molecule has 2 fully saturated rings. The fourth-order valence-corrected chi connectivity index (χ4v) is 3.96. The van der Waals surface area contributed by atoms with Crippen LogP contribution >= 0.6 is 0 Å². The number of carbonyl (C=O) groups excluding carboxylic acids is 2. The molecule has 2 amide bonds. The molecule has 3 atom stereocenters. The van der Waals surface area contributed by atoms with Crippen LogP contribution in [0.15, 0.2) is 30.3 Å². The first-order chi connectivity index (χ1) is 12.4. The van der Waals surface area contributed by atoms with Crippen LogP contribution in [0, 0.1) is 5.41 Å². The summed E-state index contributed by atoms with van der Waals surface area (Å²) in [7, 11) is 0. The highest BCUT2D eigenvalue weighted by molar-refractivity contribution is 5.89. The molecule has 1 aliphatic carbocycles. The zero-order valence-electron chi connectivity index (χ0n) is 15.1. The van der Waals surface area contributed by atoms with Gasteiger partial charge in [0.25, 0.3) is 0 Å². The topological polar surface area (TPSA) is 86.7 Å². The van der Waals surface area contributed by atoms with Gasteiger partial charge in [-0.2, -0.15) is 0 Å². The van der Waals surface area contributed by atoms with Crippen LogP contribution in [0.5, 0.6) is 0 Å². The lowest BCUT2D eigenvalue weighted by molar-refractivity contribution is -0.149. The number of carbonyl (C=O) groups is 3. The third-order valence-electron chi connectivity index (χ3n) is 5.61. The molecule has 1 aromatic rings. The molecule has 26 heavy (non-hydrogen) atoms. The molecule has 0 spiro atoms. The minimum Gasteiger partial charge on any atom is -0.480 e. The van der Waals surface area contributed by atoms with E-state index in [1.807, 2.05) is 25.1 Å². The summed E-state index contributed by atoms with van der Waals surface area (Å²) >= 11 is 0. The molecule has 3 rings (SSSR count). The number of hydrogen-bond donors (Lipinski definition) is 2. The van der Waals surface area contributed by atoms with Crippen LogP contribution in [-0.4, -0.2) is 46.4 Å². The molecule has 140 valence electrons. The minimum atomic E-state index is -0.959. The van der Waals surface area contributed by atoms with Gasteiger partial charge >= 0.3 is 5.97 Å². The number of unbranched alkanes of at least 4 members (excludes halogenated alkanes) is 1. The molecule has 0 radical (unpaired) electrons. The molecule has 1 saturated carbocycles. The van der Waals surface area contributed by atoms with Crippen molar-refractivity contribution in [1.82, 2.24) is 10.2 Å². The first kappa shape index (κ1) is 18.4.